The summed E-state index contributed by atoms with van der Waals surface area (Å²) in [5.74, 6) is -0.132. The lowest BCUT2D eigenvalue weighted by atomic mass is 9.89. The fourth-order valence-electron chi connectivity index (χ4n) is 2.62. The molecule has 17 heavy (non-hydrogen) atoms. The van der Waals surface area contributed by atoms with E-state index in [0.717, 1.165) is 36.8 Å². The highest BCUT2D eigenvalue weighted by atomic mass is 19.1. The van der Waals surface area contributed by atoms with Crippen molar-refractivity contribution in [3.63, 3.8) is 0 Å². The molecule has 0 bridgehead atoms. The molecule has 0 saturated heterocycles. The van der Waals surface area contributed by atoms with Crippen molar-refractivity contribution >= 4 is 0 Å². The predicted octanol–water partition coefficient (Wildman–Crippen LogP) is 2.62. The van der Waals surface area contributed by atoms with E-state index in [1.54, 1.807) is 6.07 Å². The van der Waals surface area contributed by atoms with Crippen molar-refractivity contribution in [1.82, 2.24) is 4.90 Å². The molecular weight excluding hydrogens is 215 g/mol. The Bertz CT molecular complexity index is 395. The Morgan fingerprint density at radius 3 is 2.47 bits per heavy atom. The molecular formula is C14H21FN2. The van der Waals surface area contributed by atoms with E-state index in [-0.39, 0.29) is 11.4 Å². The van der Waals surface area contributed by atoms with Gasteiger partial charge in [-0.3, -0.25) is 0 Å². The number of hydrogen-bond acceptors (Lipinski definition) is 2. The van der Waals surface area contributed by atoms with Crippen molar-refractivity contribution in [2.75, 3.05) is 14.1 Å². The molecule has 2 rings (SSSR count). The van der Waals surface area contributed by atoms with Crippen LogP contribution in [-0.4, -0.2) is 19.0 Å². The molecule has 0 radical (unpaired) electrons. The van der Waals surface area contributed by atoms with Gasteiger partial charge in [0.2, 0.25) is 0 Å². The van der Waals surface area contributed by atoms with Crippen LogP contribution in [0.15, 0.2) is 18.2 Å². The van der Waals surface area contributed by atoms with Crippen LogP contribution >= 0.6 is 0 Å². The summed E-state index contributed by atoms with van der Waals surface area (Å²) in [6, 6.07) is 5.50. The van der Waals surface area contributed by atoms with Crippen LogP contribution in [0.2, 0.25) is 0 Å². The van der Waals surface area contributed by atoms with Gasteiger partial charge in [0, 0.05) is 17.6 Å². The molecule has 0 unspecified atom stereocenters. The van der Waals surface area contributed by atoms with Gasteiger partial charge in [-0.05, 0) is 38.6 Å². The Kier molecular flexibility index (Phi) is 3.50. The number of hydrogen-bond donors (Lipinski definition) is 1. The second kappa shape index (κ2) is 4.75. The summed E-state index contributed by atoms with van der Waals surface area (Å²) in [4.78, 5) is 1.96. The third-order valence-corrected chi connectivity index (χ3v) is 3.61. The van der Waals surface area contributed by atoms with Crippen LogP contribution in [0.3, 0.4) is 0 Å². The standard InChI is InChI=1S/C14H21FN2/c1-17(2)10-11-5-6-12(9-13(11)15)14(16)7-3-4-8-14/h5-6,9H,3-4,7-8,10,16H2,1-2H3. The molecule has 0 atom stereocenters. The van der Waals surface area contributed by atoms with Crippen LogP contribution < -0.4 is 5.73 Å². The summed E-state index contributed by atoms with van der Waals surface area (Å²) < 4.78 is 14.0. The molecule has 2 nitrogen and oxygen atoms in total. The summed E-state index contributed by atoms with van der Waals surface area (Å²) in [5.41, 5.74) is 7.72. The summed E-state index contributed by atoms with van der Waals surface area (Å²) in [5, 5.41) is 0. The summed E-state index contributed by atoms with van der Waals surface area (Å²) in [6.45, 7) is 0.629. The second-order valence-electron chi connectivity index (χ2n) is 5.41. The smallest absolute Gasteiger partial charge is 0.128 e. The molecule has 0 spiro atoms. The normalized spacial score (nSPS) is 18.9. The lowest BCUT2D eigenvalue weighted by Crippen LogP contribution is -2.33. The monoisotopic (exact) mass is 236 g/mol. The average Bonchev–Trinajstić information content (AvgIpc) is 2.69. The predicted molar refractivity (Wildman–Crippen MR) is 68.1 cm³/mol. The SMILES string of the molecule is CN(C)Cc1ccc(C2(N)CCCC2)cc1F. The molecule has 0 aliphatic heterocycles. The highest BCUT2D eigenvalue weighted by molar-refractivity contribution is 5.30. The van der Waals surface area contributed by atoms with Gasteiger partial charge in [-0.1, -0.05) is 25.0 Å². The molecule has 1 aromatic carbocycles. The van der Waals surface area contributed by atoms with Gasteiger partial charge in [-0.2, -0.15) is 0 Å². The Hall–Kier alpha value is -0.930. The lowest BCUT2D eigenvalue weighted by Gasteiger charge is -2.24. The zero-order valence-electron chi connectivity index (χ0n) is 10.7. The number of rotatable bonds is 3. The van der Waals surface area contributed by atoms with Crippen LogP contribution in [0, 0.1) is 5.82 Å². The van der Waals surface area contributed by atoms with Crippen molar-refractivity contribution in [3.8, 4) is 0 Å². The highest BCUT2D eigenvalue weighted by Crippen LogP contribution is 2.36. The molecule has 2 N–H and O–H groups in total. The van der Waals surface area contributed by atoms with Crippen molar-refractivity contribution in [2.24, 2.45) is 5.73 Å². The van der Waals surface area contributed by atoms with Crippen LogP contribution in [0.4, 0.5) is 4.39 Å². The van der Waals surface area contributed by atoms with Gasteiger partial charge in [0.05, 0.1) is 0 Å². The lowest BCUT2D eigenvalue weighted by molar-refractivity contribution is 0.391. The summed E-state index contributed by atoms with van der Waals surface area (Å²) >= 11 is 0. The van der Waals surface area contributed by atoms with Crippen molar-refractivity contribution in [3.05, 3.63) is 35.1 Å². The molecule has 1 aromatic rings. The highest BCUT2D eigenvalue weighted by Gasteiger charge is 2.31. The first-order valence-corrected chi connectivity index (χ1v) is 6.24. The van der Waals surface area contributed by atoms with Crippen LogP contribution in [0.1, 0.15) is 36.8 Å². The van der Waals surface area contributed by atoms with E-state index < -0.39 is 0 Å². The van der Waals surface area contributed by atoms with E-state index in [1.807, 2.05) is 31.1 Å². The first-order chi connectivity index (χ1) is 8.01. The van der Waals surface area contributed by atoms with Gasteiger partial charge < -0.3 is 10.6 Å². The second-order valence-corrected chi connectivity index (χ2v) is 5.41. The van der Waals surface area contributed by atoms with Gasteiger partial charge in [-0.15, -0.1) is 0 Å². The maximum absolute atomic E-state index is 14.0. The quantitative estimate of drug-likeness (QED) is 0.874. The molecule has 94 valence electrons. The fourth-order valence-corrected chi connectivity index (χ4v) is 2.62. The molecule has 1 saturated carbocycles. The van der Waals surface area contributed by atoms with Gasteiger partial charge in [0.1, 0.15) is 5.82 Å². The van der Waals surface area contributed by atoms with Crippen LogP contribution in [0.25, 0.3) is 0 Å². The first-order valence-electron chi connectivity index (χ1n) is 6.24. The van der Waals surface area contributed by atoms with E-state index in [4.69, 9.17) is 5.73 Å². The molecule has 1 aliphatic carbocycles. The van der Waals surface area contributed by atoms with Crippen molar-refractivity contribution in [2.45, 2.75) is 37.8 Å². The Morgan fingerprint density at radius 2 is 1.94 bits per heavy atom. The minimum Gasteiger partial charge on any atom is -0.321 e. The van der Waals surface area contributed by atoms with Gasteiger partial charge in [0.15, 0.2) is 0 Å². The zero-order valence-corrected chi connectivity index (χ0v) is 10.7. The van der Waals surface area contributed by atoms with E-state index in [2.05, 4.69) is 0 Å². The van der Waals surface area contributed by atoms with E-state index in [9.17, 15) is 4.39 Å². The summed E-state index contributed by atoms with van der Waals surface area (Å²) in [7, 11) is 3.88. The van der Waals surface area contributed by atoms with Gasteiger partial charge >= 0.3 is 0 Å². The number of nitrogens with zero attached hydrogens (tertiary/aromatic N) is 1. The average molecular weight is 236 g/mol. The third-order valence-electron chi connectivity index (χ3n) is 3.61. The van der Waals surface area contributed by atoms with Gasteiger partial charge in [0.25, 0.3) is 0 Å². The van der Waals surface area contributed by atoms with Crippen LogP contribution in [-0.2, 0) is 12.1 Å². The molecule has 0 heterocycles. The fraction of sp³-hybridized carbons (Fsp3) is 0.571. The Balaban J connectivity index is 2.24. The van der Waals surface area contributed by atoms with E-state index in [0.29, 0.717) is 6.54 Å². The number of benzene rings is 1. The minimum atomic E-state index is -0.294. The van der Waals surface area contributed by atoms with Gasteiger partial charge in [-0.25, -0.2) is 4.39 Å². The summed E-state index contributed by atoms with van der Waals surface area (Å²) in [6.07, 6.45) is 4.24. The molecule has 3 heteroatoms. The number of halogens is 1. The Morgan fingerprint density at radius 1 is 1.29 bits per heavy atom. The van der Waals surface area contributed by atoms with E-state index >= 15 is 0 Å². The zero-order chi connectivity index (χ0) is 12.5. The third kappa shape index (κ3) is 2.67. The molecule has 0 aromatic heterocycles. The molecule has 1 fully saturated rings. The topological polar surface area (TPSA) is 29.3 Å². The number of nitrogens with two attached hydrogens (primary N) is 1. The largest absolute Gasteiger partial charge is 0.321 e. The maximum atomic E-state index is 14.0. The van der Waals surface area contributed by atoms with E-state index in [1.165, 1.54) is 0 Å². The van der Waals surface area contributed by atoms with Crippen molar-refractivity contribution in [1.29, 1.82) is 0 Å². The first kappa shape index (κ1) is 12.5. The van der Waals surface area contributed by atoms with Crippen LogP contribution in [0.5, 0.6) is 0 Å². The minimum absolute atomic E-state index is 0.132. The molecule has 0 amide bonds. The molecule has 1 aliphatic rings. The maximum Gasteiger partial charge on any atom is 0.128 e. The Labute approximate surface area is 103 Å². The van der Waals surface area contributed by atoms with Crippen molar-refractivity contribution < 1.29 is 4.39 Å².